The van der Waals surface area contributed by atoms with Crippen LogP contribution in [-0.4, -0.2) is 47.5 Å². The number of nitrogens with zero attached hydrogens (tertiary/aromatic N) is 3. The first-order valence-corrected chi connectivity index (χ1v) is 9.97. The van der Waals surface area contributed by atoms with Gasteiger partial charge in [0.1, 0.15) is 5.82 Å². The number of benzene rings is 1. The number of aromatic amines is 1. The van der Waals surface area contributed by atoms with Gasteiger partial charge in [-0.2, -0.15) is 13.4 Å². The normalized spacial score (nSPS) is 11.6. The highest BCUT2D eigenvalue weighted by Gasteiger charge is 2.18. The summed E-state index contributed by atoms with van der Waals surface area (Å²) in [4.78, 5) is 11.2. The topological polar surface area (TPSA) is 173 Å². The monoisotopic (exact) mass is 442 g/mol. The minimum atomic E-state index is -3.79. The van der Waals surface area contributed by atoms with Gasteiger partial charge in [0.05, 0.1) is 16.2 Å². The van der Waals surface area contributed by atoms with Crippen LogP contribution < -0.4 is 20.2 Å². The van der Waals surface area contributed by atoms with E-state index in [0.29, 0.717) is 10.6 Å². The Hall–Kier alpha value is -2.84. The summed E-state index contributed by atoms with van der Waals surface area (Å²) in [6, 6.07) is 5.02. The van der Waals surface area contributed by atoms with Gasteiger partial charge in [-0.3, -0.25) is 10.6 Å². The van der Waals surface area contributed by atoms with Crippen LogP contribution in [0, 0.1) is 11.2 Å². The van der Waals surface area contributed by atoms with Crippen LogP contribution in [0.1, 0.15) is 5.56 Å². The Bertz CT molecular complexity index is 1170. The Morgan fingerprint density at radius 1 is 1.38 bits per heavy atom. The van der Waals surface area contributed by atoms with Crippen LogP contribution in [0.2, 0.25) is 5.02 Å². The lowest BCUT2D eigenvalue weighted by atomic mass is 10.2. The van der Waals surface area contributed by atoms with E-state index in [1.807, 2.05) is 0 Å². The number of fused-ring (bicyclic) bond motifs is 1. The molecule has 0 aliphatic heterocycles. The van der Waals surface area contributed by atoms with Gasteiger partial charge in [-0.25, -0.2) is 24.3 Å². The third-order valence-corrected chi connectivity index (χ3v) is 4.62. The Kier molecular flexibility index (Phi) is 5.95. The molecular formula is C15H16ClFN8O3S. The second kappa shape index (κ2) is 8.26. The van der Waals surface area contributed by atoms with E-state index >= 15 is 0 Å². The number of rotatable bonds is 7. The fourth-order valence-electron chi connectivity index (χ4n) is 2.43. The summed E-state index contributed by atoms with van der Waals surface area (Å²) in [6.45, 7) is 0.213. The lowest BCUT2D eigenvalue weighted by Gasteiger charge is -2.18. The molecule has 0 atom stereocenters. The molecular weight excluding hydrogens is 427 g/mol. The molecule has 154 valence electrons. The molecule has 29 heavy (non-hydrogen) atoms. The summed E-state index contributed by atoms with van der Waals surface area (Å²) in [5.41, 5.74) is 0.978. The van der Waals surface area contributed by atoms with Crippen molar-refractivity contribution < 1.29 is 18.0 Å². The maximum absolute atomic E-state index is 13.3. The lowest BCUT2D eigenvalue weighted by molar-refractivity contribution is 0.312. The van der Waals surface area contributed by atoms with E-state index in [4.69, 9.17) is 22.1 Å². The van der Waals surface area contributed by atoms with Crippen molar-refractivity contribution in [2.24, 2.45) is 5.14 Å². The van der Waals surface area contributed by atoms with Gasteiger partial charge in [0.15, 0.2) is 11.5 Å². The van der Waals surface area contributed by atoms with Gasteiger partial charge < -0.3 is 10.3 Å². The number of halogens is 2. The van der Waals surface area contributed by atoms with Crippen molar-refractivity contribution in [3.8, 4) is 0 Å². The molecule has 3 rings (SSSR count). The van der Waals surface area contributed by atoms with Gasteiger partial charge in [0.2, 0.25) is 5.95 Å². The van der Waals surface area contributed by atoms with Crippen LogP contribution in [-0.2, 0) is 10.2 Å². The first-order valence-electron chi connectivity index (χ1n) is 8.04. The number of hydrogen-bond donors (Lipinski definition) is 6. The van der Waals surface area contributed by atoms with Crippen LogP contribution in [0.4, 0.5) is 16.0 Å². The first kappa shape index (κ1) is 20.9. The molecule has 0 aliphatic carbocycles. The zero-order valence-corrected chi connectivity index (χ0v) is 16.2. The molecule has 11 nitrogen and oxygen atoms in total. The molecule has 0 saturated carbocycles. The van der Waals surface area contributed by atoms with Crippen molar-refractivity contribution in [3.05, 3.63) is 46.9 Å². The average Bonchev–Trinajstić information content (AvgIpc) is 3.08. The summed E-state index contributed by atoms with van der Waals surface area (Å²) in [6.07, 6.45) is 1.41. The third kappa shape index (κ3) is 4.96. The molecule has 0 fully saturated rings. The standard InChI is InChI=1S/C15H16ClFN8O3S/c16-10-7-8(1-2-11(10)17)25(26)13(18)9-3-4-20-14-12(9)23-15(24-14)21-5-6-22-29(19,27)28/h1-4,7,18,22,26H,5-6H2,(H2,19,27,28)(H2,20,21,23,24). The van der Waals surface area contributed by atoms with Crippen molar-refractivity contribution in [2.75, 3.05) is 23.5 Å². The molecule has 0 unspecified atom stereocenters. The summed E-state index contributed by atoms with van der Waals surface area (Å²) in [7, 11) is -3.79. The van der Waals surface area contributed by atoms with Crippen molar-refractivity contribution >= 4 is 50.4 Å². The van der Waals surface area contributed by atoms with Crippen molar-refractivity contribution in [3.63, 3.8) is 0 Å². The highest BCUT2D eigenvalue weighted by molar-refractivity contribution is 7.87. The van der Waals surface area contributed by atoms with Gasteiger partial charge in [-0.15, -0.1) is 0 Å². The molecule has 3 aromatic rings. The zero-order valence-electron chi connectivity index (χ0n) is 14.6. The van der Waals surface area contributed by atoms with Gasteiger partial charge in [0, 0.05) is 24.8 Å². The van der Waals surface area contributed by atoms with E-state index < -0.39 is 16.0 Å². The number of amidine groups is 1. The second-order valence-electron chi connectivity index (χ2n) is 5.77. The summed E-state index contributed by atoms with van der Waals surface area (Å²) in [5, 5.41) is 26.7. The smallest absolute Gasteiger partial charge is 0.274 e. The third-order valence-electron chi connectivity index (χ3n) is 3.73. The lowest BCUT2D eigenvalue weighted by Crippen LogP contribution is -2.34. The number of anilines is 2. The molecule has 2 heterocycles. The highest BCUT2D eigenvalue weighted by Crippen LogP contribution is 2.24. The maximum atomic E-state index is 13.3. The quantitative estimate of drug-likeness (QED) is 0.138. The first-order chi connectivity index (χ1) is 13.7. The molecule has 0 spiro atoms. The van der Waals surface area contributed by atoms with Gasteiger partial charge in [-0.05, 0) is 24.3 Å². The van der Waals surface area contributed by atoms with E-state index in [0.717, 1.165) is 6.07 Å². The molecule has 0 saturated heterocycles. The summed E-state index contributed by atoms with van der Waals surface area (Å²) >= 11 is 5.73. The van der Waals surface area contributed by atoms with Gasteiger partial charge in [-0.1, -0.05) is 11.6 Å². The Labute approximate surface area is 169 Å². The minimum Gasteiger partial charge on any atom is -0.354 e. The van der Waals surface area contributed by atoms with Crippen molar-refractivity contribution in [1.82, 2.24) is 19.7 Å². The molecule has 1 aromatic carbocycles. The zero-order chi connectivity index (χ0) is 21.2. The van der Waals surface area contributed by atoms with Crippen molar-refractivity contribution in [2.45, 2.75) is 0 Å². The summed E-state index contributed by atoms with van der Waals surface area (Å²) < 4.78 is 37.1. The maximum Gasteiger partial charge on any atom is 0.274 e. The molecule has 2 aromatic heterocycles. The largest absolute Gasteiger partial charge is 0.354 e. The van der Waals surface area contributed by atoms with E-state index in [-0.39, 0.29) is 46.8 Å². The Morgan fingerprint density at radius 3 is 2.83 bits per heavy atom. The number of aromatic nitrogens is 3. The van der Waals surface area contributed by atoms with Crippen molar-refractivity contribution in [1.29, 1.82) is 5.41 Å². The van der Waals surface area contributed by atoms with Gasteiger partial charge >= 0.3 is 0 Å². The molecule has 0 amide bonds. The molecule has 14 heteroatoms. The van der Waals surface area contributed by atoms with Crippen LogP contribution in [0.25, 0.3) is 11.2 Å². The van der Waals surface area contributed by atoms with Crippen LogP contribution in [0.3, 0.4) is 0 Å². The minimum absolute atomic E-state index is 0.0295. The van der Waals surface area contributed by atoms with Crippen LogP contribution >= 0.6 is 11.6 Å². The van der Waals surface area contributed by atoms with E-state index in [9.17, 15) is 18.0 Å². The number of hydrogen-bond acceptors (Lipinski definition) is 7. The van der Waals surface area contributed by atoms with Crippen LogP contribution in [0.15, 0.2) is 30.5 Å². The highest BCUT2D eigenvalue weighted by atomic mass is 35.5. The second-order valence-corrected chi connectivity index (χ2v) is 7.55. The average molecular weight is 443 g/mol. The number of hydroxylamine groups is 1. The molecule has 0 radical (unpaired) electrons. The predicted octanol–water partition coefficient (Wildman–Crippen LogP) is 1.18. The Balaban J connectivity index is 1.81. The number of imidazole rings is 1. The number of pyridine rings is 1. The van der Waals surface area contributed by atoms with E-state index in [2.05, 4.69) is 25.0 Å². The fraction of sp³-hybridized carbons (Fsp3) is 0.133. The van der Waals surface area contributed by atoms with Crippen LogP contribution in [0.5, 0.6) is 0 Å². The molecule has 0 bridgehead atoms. The SMILES string of the molecule is N=C(c1ccnc2nc(NCCNS(N)(=O)=O)[nH]c12)N(O)c1ccc(F)c(Cl)c1. The van der Waals surface area contributed by atoms with E-state index in [1.54, 1.807) is 0 Å². The number of nitrogens with one attached hydrogen (secondary N) is 4. The number of nitrogens with two attached hydrogens (primary N) is 1. The predicted molar refractivity (Wildman–Crippen MR) is 106 cm³/mol. The van der Waals surface area contributed by atoms with E-state index in [1.165, 1.54) is 24.4 Å². The molecule has 7 N–H and O–H groups in total. The fourth-order valence-corrected chi connectivity index (χ4v) is 2.99. The van der Waals surface area contributed by atoms with Gasteiger partial charge in [0.25, 0.3) is 10.2 Å². The molecule has 0 aliphatic rings. The number of H-pyrrole nitrogens is 1. The summed E-state index contributed by atoms with van der Waals surface area (Å²) in [5.74, 6) is -0.702. The Morgan fingerprint density at radius 2 is 2.14 bits per heavy atom.